The fourth-order valence-electron chi connectivity index (χ4n) is 10.3. The van der Waals surface area contributed by atoms with Crippen molar-refractivity contribution in [1.29, 1.82) is 0 Å². The summed E-state index contributed by atoms with van der Waals surface area (Å²) in [6.45, 7) is 0. The molecule has 0 saturated heterocycles. The molecule has 0 aromatic heterocycles. The predicted molar refractivity (Wildman–Crippen MR) is 251 cm³/mol. The van der Waals surface area contributed by atoms with Crippen LogP contribution in [0.4, 0.5) is 21.5 Å². The average molecular weight is 780 g/mol. The number of halogens is 1. The van der Waals surface area contributed by atoms with Gasteiger partial charge in [0.25, 0.3) is 0 Å². The largest absolute Gasteiger partial charge is 0.310 e. The lowest BCUT2D eigenvalue weighted by molar-refractivity contribution is 0.628. The fourth-order valence-corrected chi connectivity index (χ4v) is 10.3. The molecule has 2 aliphatic carbocycles. The van der Waals surface area contributed by atoms with Gasteiger partial charge in [0.1, 0.15) is 5.82 Å². The Morgan fingerprint density at radius 2 is 0.705 bits per heavy atom. The molecule has 0 saturated carbocycles. The van der Waals surface area contributed by atoms with Gasteiger partial charge in [-0.1, -0.05) is 182 Å². The minimum atomic E-state index is -0.446. The number of fused-ring (bicyclic) bond motifs is 11. The zero-order valence-electron chi connectivity index (χ0n) is 33.3. The van der Waals surface area contributed by atoms with Crippen LogP contribution in [-0.2, 0) is 5.41 Å². The van der Waals surface area contributed by atoms with Gasteiger partial charge in [-0.15, -0.1) is 0 Å². The normalized spacial score (nSPS) is 12.8. The van der Waals surface area contributed by atoms with Gasteiger partial charge in [0, 0.05) is 17.1 Å². The molecule has 0 heterocycles. The van der Waals surface area contributed by atoms with E-state index >= 15 is 0 Å². The van der Waals surface area contributed by atoms with Gasteiger partial charge in [0.05, 0.1) is 5.41 Å². The average Bonchev–Trinajstić information content (AvgIpc) is 3.79. The standard InChI is InChI=1S/C59H38FN/c60-44-30-24-41(25-31-44)48-19-10-14-43-15-11-20-49(58(43)48)42-28-34-46(35-29-42)61(45-32-26-40(27-33-45)39-12-2-1-3-13-39)47-36-37-53-52-18-6-9-23-56(52)59(57(53)38-47)54-21-7-4-16-50(54)51-17-5-8-22-55(51)59/h1-38H. The Morgan fingerprint density at radius 3 is 1.25 bits per heavy atom. The third-order valence-corrected chi connectivity index (χ3v) is 13.0. The monoisotopic (exact) mass is 779 g/mol. The summed E-state index contributed by atoms with van der Waals surface area (Å²) in [5.74, 6) is -0.236. The van der Waals surface area contributed by atoms with E-state index in [0.29, 0.717) is 0 Å². The molecule has 0 aliphatic heterocycles. The van der Waals surface area contributed by atoms with E-state index in [-0.39, 0.29) is 5.82 Å². The molecule has 0 radical (unpaired) electrons. The number of hydrogen-bond donors (Lipinski definition) is 0. The molecular weight excluding hydrogens is 742 g/mol. The summed E-state index contributed by atoms with van der Waals surface area (Å²) in [5, 5.41) is 2.30. The first-order valence-electron chi connectivity index (χ1n) is 20.9. The van der Waals surface area contributed by atoms with Gasteiger partial charge in [-0.2, -0.15) is 0 Å². The number of rotatable bonds is 6. The summed E-state index contributed by atoms with van der Waals surface area (Å²) >= 11 is 0. The number of hydrogen-bond acceptors (Lipinski definition) is 1. The van der Waals surface area contributed by atoms with Crippen molar-refractivity contribution < 1.29 is 4.39 Å². The van der Waals surface area contributed by atoms with Crippen molar-refractivity contribution >= 4 is 27.8 Å². The van der Waals surface area contributed by atoms with Crippen LogP contribution in [0.15, 0.2) is 231 Å². The smallest absolute Gasteiger partial charge is 0.123 e. The van der Waals surface area contributed by atoms with Crippen molar-refractivity contribution in [1.82, 2.24) is 0 Å². The summed E-state index contributed by atoms with van der Waals surface area (Å²) in [5.41, 5.74) is 19.9. The van der Waals surface area contributed by atoms with Crippen LogP contribution in [0.2, 0.25) is 0 Å². The van der Waals surface area contributed by atoms with Gasteiger partial charge in [0.2, 0.25) is 0 Å². The molecular formula is C59H38FN. The third-order valence-electron chi connectivity index (χ3n) is 13.0. The van der Waals surface area contributed by atoms with Crippen molar-refractivity contribution in [2.75, 3.05) is 4.90 Å². The maximum absolute atomic E-state index is 14.0. The quantitative estimate of drug-likeness (QED) is 0.162. The van der Waals surface area contributed by atoms with Crippen LogP contribution in [0.1, 0.15) is 22.3 Å². The lowest BCUT2D eigenvalue weighted by Gasteiger charge is -2.32. The third kappa shape index (κ3) is 5.39. The van der Waals surface area contributed by atoms with Gasteiger partial charge >= 0.3 is 0 Å². The van der Waals surface area contributed by atoms with Crippen molar-refractivity contribution in [2.24, 2.45) is 0 Å². The molecule has 286 valence electrons. The second kappa shape index (κ2) is 13.9. The SMILES string of the molecule is Fc1ccc(-c2cccc3cccc(-c4ccc(N(c5ccc(-c6ccccc6)cc5)c5ccc6c(c5)C5(c7ccccc7-c7ccccc75)c5ccccc5-6)cc4)c23)cc1. The van der Waals surface area contributed by atoms with E-state index < -0.39 is 5.41 Å². The van der Waals surface area contributed by atoms with Crippen LogP contribution < -0.4 is 4.90 Å². The van der Waals surface area contributed by atoms with E-state index in [9.17, 15) is 4.39 Å². The Balaban J connectivity index is 1.04. The highest BCUT2D eigenvalue weighted by Crippen LogP contribution is 2.63. The van der Waals surface area contributed by atoms with E-state index in [0.717, 1.165) is 50.1 Å². The van der Waals surface area contributed by atoms with Gasteiger partial charge in [0.15, 0.2) is 0 Å². The van der Waals surface area contributed by atoms with Gasteiger partial charge in [-0.3, -0.25) is 0 Å². The first kappa shape index (κ1) is 35.2. The van der Waals surface area contributed by atoms with Crippen LogP contribution in [0, 0.1) is 5.82 Å². The molecule has 10 aromatic rings. The van der Waals surface area contributed by atoms with Crippen LogP contribution in [-0.4, -0.2) is 0 Å². The van der Waals surface area contributed by atoms with Crippen molar-refractivity contribution in [3.05, 3.63) is 259 Å². The molecule has 10 aromatic carbocycles. The van der Waals surface area contributed by atoms with Crippen LogP contribution in [0.5, 0.6) is 0 Å². The Kier molecular flexibility index (Phi) is 8.01. The second-order valence-corrected chi connectivity index (χ2v) is 16.1. The van der Waals surface area contributed by atoms with Crippen molar-refractivity contribution in [3.63, 3.8) is 0 Å². The van der Waals surface area contributed by atoms with E-state index in [1.54, 1.807) is 0 Å². The topological polar surface area (TPSA) is 3.24 Å². The van der Waals surface area contributed by atoms with Crippen molar-refractivity contribution in [3.8, 4) is 55.6 Å². The Bertz CT molecular complexity index is 3220. The first-order chi connectivity index (χ1) is 30.2. The van der Waals surface area contributed by atoms with Crippen LogP contribution in [0.3, 0.4) is 0 Å². The van der Waals surface area contributed by atoms with Crippen LogP contribution in [0.25, 0.3) is 66.4 Å². The highest BCUT2D eigenvalue weighted by atomic mass is 19.1. The lowest BCUT2D eigenvalue weighted by atomic mass is 9.70. The lowest BCUT2D eigenvalue weighted by Crippen LogP contribution is -2.26. The first-order valence-corrected chi connectivity index (χ1v) is 20.9. The Morgan fingerprint density at radius 1 is 0.295 bits per heavy atom. The highest BCUT2D eigenvalue weighted by molar-refractivity contribution is 6.06. The highest BCUT2D eigenvalue weighted by Gasteiger charge is 2.51. The molecule has 0 amide bonds. The zero-order valence-corrected chi connectivity index (χ0v) is 33.3. The molecule has 1 nitrogen and oxygen atoms in total. The molecule has 1 spiro atoms. The number of anilines is 3. The molecule has 0 N–H and O–H groups in total. The molecule has 0 atom stereocenters. The van der Waals surface area contributed by atoms with Crippen molar-refractivity contribution in [2.45, 2.75) is 5.41 Å². The molecule has 12 rings (SSSR count). The van der Waals surface area contributed by atoms with E-state index in [1.807, 2.05) is 12.1 Å². The summed E-state index contributed by atoms with van der Waals surface area (Å²) in [6.07, 6.45) is 0. The minimum absolute atomic E-state index is 0.236. The minimum Gasteiger partial charge on any atom is -0.310 e. The van der Waals surface area contributed by atoms with E-state index in [2.05, 4.69) is 211 Å². The predicted octanol–water partition coefficient (Wildman–Crippen LogP) is 15.8. The van der Waals surface area contributed by atoms with Crippen LogP contribution >= 0.6 is 0 Å². The summed E-state index contributed by atoms with van der Waals surface area (Å²) in [4.78, 5) is 2.40. The summed E-state index contributed by atoms with van der Waals surface area (Å²) in [6, 6.07) is 82.2. The van der Waals surface area contributed by atoms with Gasteiger partial charge in [-0.25, -0.2) is 4.39 Å². The number of nitrogens with zero attached hydrogens (tertiary/aromatic N) is 1. The fraction of sp³-hybridized carbons (Fsp3) is 0.0169. The summed E-state index contributed by atoms with van der Waals surface area (Å²) in [7, 11) is 0. The molecule has 2 heteroatoms. The van der Waals surface area contributed by atoms with Gasteiger partial charge < -0.3 is 4.90 Å². The maximum Gasteiger partial charge on any atom is 0.123 e. The Labute approximate surface area is 355 Å². The summed E-state index contributed by atoms with van der Waals surface area (Å²) < 4.78 is 14.0. The van der Waals surface area contributed by atoms with E-state index in [4.69, 9.17) is 0 Å². The number of benzene rings is 10. The maximum atomic E-state index is 14.0. The molecule has 0 unspecified atom stereocenters. The van der Waals surface area contributed by atoms with E-state index in [1.165, 1.54) is 67.8 Å². The van der Waals surface area contributed by atoms with Gasteiger partial charge in [-0.05, 0) is 137 Å². The zero-order chi connectivity index (χ0) is 40.5. The Hall–Kier alpha value is -7.81. The molecule has 2 aliphatic rings. The second-order valence-electron chi connectivity index (χ2n) is 16.1. The molecule has 0 bridgehead atoms. The molecule has 0 fully saturated rings. The molecule has 61 heavy (non-hydrogen) atoms.